The Bertz CT molecular complexity index is 542. The molecule has 3 amide bonds. The monoisotopic (exact) mass is 326 g/mol. The third-order valence-electron chi connectivity index (χ3n) is 2.64. The van der Waals surface area contributed by atoms with Gasteiger partial charge in [-0.3, -0.25) is 10.1 Å². The van der Waals surface area contributed by atoms with Gasteiger partial charge in [-0.2, -0.15) is 0 Å². The van der Waals surface area contributed by atoms with E-state index in [9.17, 15) is 14.4 Å². The highest BCUT2D eigenvalue weighted by Gasteiger charge is 2.18. The predicted molar refractivity (Wildman–Crippen MR) is 82.1 cm³/mol. The van der Waals surface area contributed by atoms with Crippen LogP contribution in [0.2, 0.25) is 0 Å². The largest absolute Gasteiger partial charge is 0.452 e. The molecule has 0 aromatic heterocycles. The Kier molecular flexibility index (Phi) is 5.51. The number of hydrogen-bond acceptors (Lipinski definition) is 6. The van der Waals surface area contributed by atoms with Gasteiger partial charge in [-0.15, -0.1) is 23.5 Å². The first kappa shape index (κ1) is 15.7. The second-order valence-corrected chi connectivity index (χ2v) is 6.91. The Balaban J connectivity index is 1.87. The molecule has 3 N–H and O–H groups in total. The molecule has 0 unspecified atom stereocenters. The van der Waals surface area contributed by atoms with E-state index < -0.39 is 24.5 Å². The Hall–Kier alpha value is -1.67. The molecule has 0 spiro atoms. The van der Waals surface area contributed by atoms with Crippen LogP contribution < -0.4 is 11.1 Å². The second kappa shape index (κ2) is 7.37. The molecule has 2 rings (SSSR count). The van der Waals surface area contributed by atoms with Gasteiger partial charge in [0.25, 0.3) is 5.91 Å². The molecule has 1 heterocycles. The fraction of sp³-hybridized carbons (Fsp3) is 0.308. The summed E-state index contributed by atoms with van der Waals surface area (Å²) in [4.78, 5) is 33.3. The van der Waals surface area contributed by atoms with E-state index in [0.717, 1.165) is 17.1 Å². The van der Waals surface area contributed by atoms with Crippen molar-refractivity contribution in [1.82, 2.24) is 5.32 Å². The molecule has 21 heavy (non-hydrogen) atoms. The van der Waals surface area contributed by atoms with Crippen LogP contribution >= 0.6 is 23.5 Å². The Morgan fingerprint density at radius 1 is 1.19 bits per heavy atom. The van der Waals surface area contributed by atoms with E-state index in [1.54, 1.807) is 12.1 Å². The molecule has 6 nitrogen and oxygen atoms in total. The minimum atomic E-state index is -0.980. The van der Waals surface area contributed by atoms with E-state index in [-0.39, 0.29) is 0 Å². The van der Waals surface area contributed by atoms with Crippen molar-refractivity contribution in [3.8, 4) is 0 Å². The molecule has 1 aromatic rings. The number of amides is 3. The third-order valence-corrected chi connectivity index (χ3v) is 5.74. The van der Waals surface area contributed by atoms with Crippen molar-refractivity contribution >= 4 is 41.4 Å². The molecule has 1 saturated heterocycles. The van der Waals surface area contributed by atoms with Crippen LogP contribution in [-0.4, -0.2) is 36.0 Å². The zero-order valence-electron chi connectivity index (χ0n) is 11.0. The minimum absolute atomic E-state index is 0.360. The van der Waals surface area contributed by atoms with Gasteiger partial charge >= 0.3 is 12.0 Å². The first-order valence-electron chi connectivity index (χ1n) is 6.16. The van der Waals surface area contributed by atoms with Gasteiger partial charge in [-0.05, 0) is 17.7 Å². The molecule has 1 aromatic carbocycles. The lowest BCUT2D eigenvalue weighted by atomic mass is 10.1. The number of carbonyl (C=O) groups is 3. The van der Waals surface area contributed by atoms with Gasteiger partial charge in [0.2, 0.25) is 0 Å². The average Bonchev–Trinajstić information content (AvgIpc) is 2.98. The number of hydrogen-bond donors (Lipinski definition) is 2. The number of thioether (sulfide) groups is 2. The van der Waals surface area contributed by atoms with Crippen LogP contribution in [0, 0.1) is 0 Å². The summed E-state index contributed by atoms with van der Waals surface area (Å²) in [5, 5.41) is 1.81. The van der Waals surface area contributed by atoms with Crippen molar-refractivity contribution in [2.75, 3.05) is 18.1 Å². The summed E-state index contributed by atoms with van der Waals surface area (Å²) in [5.41, 5.74) is 6.29. The SMILES string of the molecule is NC(=O)NC(=O)COC(=O)c1ccc(C2SCCS2)cc1. The van der Waals surface area contributed by atoms with Crippen molar-refractivity contribution in [1.29, 1.82) is 0 Å². The highest BCUT2D eigenvalue weighted by atomic mass is 32.2. The van der Waals surface area contributed by atoms with Crippen LogP contribution in [0.5, 0.6) is 0 Å². The summed E-state index contributed by atoms with van der Waals surface area (Å²) in [5.74, 6) is 0.890. The predicted octanol–water partition coefficient (Wildman–Crippen LogP) is 1.52. The first-order valence-corrected chi connectivity index (χ1v) is 8.25. The zero-order chi connectivity index (χ0) is 15.2. The number of nitrogens with one attached hydrogen (secondary N) is 1. The number of primary amides is 1. The van der Waals surface area contributed by atoms with E-state index >= 15 is 0 Å². The van der Waals surface area contributed by atoms with Gasteiger partial charge in [0.15, 0.2) is 6.61 Å². The normalized spacial score (nSPS) is 14.7. The van der Waals surface area contributed by atoms with Gasteiger partial charge in [0.05, 0.1) is 10.1 Å². The molecule has 112 valence electrons. The van der Waals surface area contributed by atoms with E-state index in [0.29, 0.717) is 10.1 Å². The average molecular weight is 326 g/mol. The van der Waals surface area contributed by atoms with Crippen LogP contribution in [0.15, 0.2) is 24.3 Å². The molecule has 1 aliphatic heterocycles. The maximum Gasteiger partial charge on any atom is 0.338 e. The fourth-order valence-electron chi connectivity index (χ4n) is 1.72. The number of urea groups is 1. The quantitative estimate of drug-likeness (QED) is 0.814. The highest BCUT2D eigenvalue weighted by molar-refractivity contribution is 8.19. The number of imide groups is 1. The zero-order valence-corrected chi connectivity index (χ0v) is 12.7. The maximum atomic E-state index is 11.7. The molecule has 0 bridgehead atoms. The first-order chi connectivity index (χ1) is 10.1. The lowest BCUT2D eigenvalue weighted by Crippen LogP contribution is -2.37. The second-order valence-electron chi connectivity index (χ2n) is 4.18. The van der Waals surface area contributed by atoms with Gasteiger partial charge in [-0.25, -0.2) is 9.59 Å². The van der Waals surface area contributed by atoms with Gasteiger partial charge in [-0.1, -0.05) is 12.1 Å². The lowest BCUT2D eigenvalue weighted by molar-refractivity contribution is -0.123. The van der Waals surface area contributed by atoms with Crippen LogP contribution in [0.4, 0.5) is 4.79 Å². The number of nitrogens with two attached hydrogens (primary N) is 1. The molecule has 0 atom stereocenters. The molecular formula is C13H14N2O4S2. The van der Waals surface area contributed by atoms with Crippen molar-refractivity contribution in [2.24, 2.45) is 5.73 Å². The van der Waals surface area contributed by atoms with Crippen molar-refractivity contribution < 1.29 is 19.1 Å². The third kappa shape index (κ3) is 4.68. The highest BCUT2D eigenvalue weighted by Crippen LogP contribution is 2.45. The topological polar surface area (TPSA) is 98.5 Å². The van der Waals surface area contributed by atoms with Gasteiger partial charge < -0.3 is 10.5 Å². The van der Waals surface area contributed by atoms with Crippen molar-refractivity contribution in [3.63, 3.8) is 0 Å². The molecule has 8 heteroatoms. The molecular weight excluding hydrogens is 312 g/mol. The Morgan fingerprint density at radius 3 is 2.38 bits per heavy atom. The molecule has 0 radical (unpaired) electrons. The van der Waals surface area contributed by atoms with Crippen LogP contribution in [-0.2, 0) is 9.53 Å². The van der Waals surface area contributed by atoms with Crippen molar-refractivity contribution in [2.45, 2.75) is 4.58 Å². The van der Waals surface area contributed by atoms with E-state index in [2.05, 4.69) is 0 Å². The van der Waals surface area contributed by atoms with Gasteiger partial charge in [0, 0.05) is 11.5 Å². The minimum Gasteiger partial charge on any atom is -0.452 e. The fourth-order valence-corrected chi connectivity index (χ4v) is 4.57. The molecule has 0 saturated carbocycles. The smallest absolute Gasteiger partial charge is 0.338 e. The molecule has 1 fully saturated rings. The van der Waals surface area contributed by atoms with Crippen LogP contribution in [0.1, 0.15) is 20.5 Å². The summed E-state index contributed by atoms with van der Waals surface area (Å²) in [6, 6.07) is 6.13. The number of benzene rings is 1. The van der Waals surface area contributed by atoms with Gasteiger partial charge in [0.1, 0.15) is 0 Å². The van der Waals surface area contributed by atoms with E-state index in [1.165, 1.54) is 0 Å². The Morgan fingerprint density at radius 2 is 1.81 bits per heavy atom. The summed E-state index contributed by atoms with van der Waals surface area (Å²) < 4.78 is 5.20. The lowest BCUT2D eigenvalue weighted by Gasteiger charge is -2.09. The molecule has 0 aliphatic carbocycles. The molecule has 1 aliphatic rings. The van der Waals surface area contributed by atoms with Crippen molar-refractivity contribution in [3.05, 3.63) is 35.4 Å². The summed E-state index contributed by atoms with van der Waals surface area (Å²) in [6.07, 6.45) is 0. The standard InChI is InChI=1S/C13H14N2O4S2/c14-13(18)15-10(16)7-19-11(17)8-1-3-9(4-2-8)12-20-5-6-21-12/h1-4,12H,5-7H2,(H3,14,15,16,18). The summed E-state index contributed by atoms with van der Waals surface area (Å²) >= 11 is 3.76. The summed E-state index contributed by atoms with van der Waals surface area (Å²) in [7, 11) is 0. The maximum absolute atomic E-state index is 11.7. The number of rotatable bonds is 4. The Labute approximate surface area is 130 Å². The number of esters is 1. The number of carbonyl (C=O) groups excluding carboxylic acids is 3. The van der Waals surface area contributed by atoms with Crippen LogP contribution in [0.3, 0.4) is 0 Å². The summed E-state index contributed by atoms with van der Waals surface area (Å²) in [6.45, 7) is -0.544. The number of ether oxygens (including phenoxy) is 1. The van der Waals surface area contributed by atoms with E-state index in [1.807, 2.05) is 41.0 Å². The van der Waals surface area contributed by atoms with E-state index in [4.69, 9.17) is 10.5 Å². The van der Waals surface area contributed by atoms with Crippen LogP contribution in [0.25, 0.3) is 0 Å².